The van der Waals surface area contributed by atoms with Crippen LogP contribution in [0.4, 0.5) is 0 Å². The number of rotatable bonds is 0. The fourth-order valence-electron chi connectivity index (χ4n) is 2.86. The number of pyridine rings is 2. The van der Waals surface area contributed by atoms with E-state index in [0.29, 0.717) is 0 Å². The first-order chi connectivity index (χ1) is 11.3. The van der Waals surface area contributed by atoms with Gasteiger partial charge in [0.15, 0.2) is 0 Å². The minimum absolute atomic E-state index is 0.789. The Hall–Kier alpha value is -2.24. The van der Waals surface area contributed by atoms with Gasteiger partial charge in [-0.3, -0.25) is 4.98 Å². The molecule has 0 saturated carbocycles. The molecule has 3 nitrogen and oxygen atoms in total. The van der Waals surface area contributed by atoms with Crippen molar-refractivity contribution < 1.29 is 4.21 Å². The van der Waals surface area contributed by atoms with Crippen LogP contribution >= 0.6 is 11.8 Å². The average molecular weight is 334 g/mol. The van der Waals surface area contributed by atoms with Gasteiger partial charge in [-0.15, -0.1) is 0 Å². The lowest BCUT2D eigenvalue weighted by molar-refractivity contribution is 0.679. The lowest BCUT2D eigenvalue weighted by Crippen LogP contribution is -2.06. The highest BCUT2D eigenvalue weighted by molar-refractivity contribution is 8.01. The zero-order valence-corrected chi connectivity index (χ0v) is 13.5. The summed E-state index contributed by atoms with van der Waals surface area (Å²) in [6.07, 6.45) is 1.81. The number of fused-ring (bicyclic) bond motifs is 5. The molecule has 1 atom stereocenters. The number of hydrogen-bond donors (Lipinski definition) is 0. The van der Waals surface area contributed by atoms with Crippen LogP contribution < -0.4 is 0 Å². The van der Waals surface area contributed by atoms with Crippen LogP contribution in [-0.4, -0.2) is 14.2 Å². The van der Waals surface area contributed by atoms with Crippen molar-refractivity contribution in [3.63, 3.8) is 0 Å². The SMILES string of the molecule is O=S1c2cc3ccccc3nc2Sc2cnc3ccccc3c21. The molecule has 110 valence electrons. The molecule has 0 saturated heterocycles. The molecular weight excluding hydrogens is 324 g/mol. The molecule has 2 aromatic heterocycles. The van der Waals surface area contributed by atoms with Crippen molar-refractivity contribution in [1.29, 1.82) is 0 Å². The van der Waals surface area contributed by atoms with Gasteiger partial charge in [0.2, 0.25) is 0 Å². The van der Waals surface area contributed by atoms with E-state index >= 15 is 0 Å². The molecule has 0 radical (unpaired) electrons. The van der Waals surface area contributed by atoms with Crippen molar-refractivity contribution in [3.8, 4) is 0 Å². The maximum atomic E-state index is 13.2. The predicted octanol–water partition coefficient (Wildman–Crippen LogP) is 4.41. The van der Waals surface area contributed by atoms with E-state index in [1.54, 1.807) is 18.0 Å². The van der Waals surface area contributed by atoms with Crippen LogP contribution in [0.2, 0.25) is 0 Å². The first-order valence-electron chi connectivity index (χ1n) is 7.18. The first-order valence-corrected chi connectivity index (χ1v) is 9.15. The van der Waals surface area contributed by atoms with Crippen molar-refractivity contribution in [3.05, 3.63) is 60.8 Å². The average Bonchev–Trinajstić information content (AvgIpc) is 2.60. The minimum Gasteiger partial charge on any atom is -0.255 e. The molecule has 0 amide bonds. The van der Waals surface area contributed by atoms with E-state index in [9.17, 15) is 4.21 Å². The van der Waals surface area contributed by atoms with E-state index in [0.717, 1.165) is 41.5 Å². The molecule has 5 rings (SSSR count). The van der Waals surface area contributed by atoms with Gasteiger partial charge >= 0.3 is 0 Å². The zero-order valence-electron chi connectivity index (χ0n) is 11.9. The number of aromatic nitrogens is 2. The van der Waals surface area contributed by atoms with Gasteiger partial charge in [0.25, 0.3) is 0 Å². The van der Waals surface area contributed by atoms with Gasteiger partial charge in [-0.05, 0) is 18.2 Å². The van der Waals surface area contributed by atoms with Crippen LogP contribution in [0.15, 0.2) is 80.5 Å². The summed E-state index contributed by atoms with van der Waals surface area (Å²) >= 11 is 1.55. The molecule has 2 aromatic carbocycles. The number of nitrogens with zero attached hydrogens (tertiary/aromatic N) is 2. The van der Waals surface area contributed by atoms with Crippen molar-refractivity contribution in [2.75, 3.05) is 0 Å². The summed E-state index contributed by atoms with van der Waals surface area (Å²) in [7, 11) is -1.24. The Morgan fingerprint density at radius 3 is 2.65 bits per heavy atom. The Morgan fingerprint density at radius 1 is 0.957 bits per heavy atom. The lowest BCUT2D eigenvalue weighted by Gasteiger charge is -2.19. The van der Waals surface area contributed by atoms with E-state index in [1.165, 1.54) is 0 Å². The summed E-state index contributed by atoms with van der Waals surface area (Å²) in [5.41, 5.74) is 1.80. The molecule has 4 aromatic rings. The van der Waals surface area contributed by atoms with Gasteiger partial charge in [-0.1, -0.05) is 48.2 Å². The molecule has 0 aliphatic carbocycles. The second-order valence-electron chi connectivity index (χ2n) is 5.32. The second-order valence-corrected chi connectivity index (χ2v) is 7.74. The van der Waals surface area contributed by atoms with Crippen molar-refractivity contribution in [2.24, 2.45) is 0 Å². The normalized spacial score (nSPS) is 16.3. The van der Waals surface area contributed by atoms with E-state index in [2.05, 4.69) is 9.97 Å². The van der Waals surface area contributed by atoms with Crippen LogP contribution in [0.3, 0.4) is 0 Å². The third-order valence-corrected chi connectivity index (χ3v) is 6.75. The van der Waals surface area contributed by atoms with E-state index in [-0.39, 0.29) is 0 Å². The Labute approximate surface area is 139 Å². The molecule has 1 aliphatic heterocycles. The fourth-order valence-corrected chi connectivity index (χ4v) is 5.65. The molecule has 1 unspecified atom stereocenters. The Morgan fingerprint density at radius 2 is 1.74 bits per heavy atom. The smallest absolute Gasteiger partial charge is 0.118 e. The lowest BCUT2D eigenvalue weighted by atomic mass is 10.2. The molecule has 0 spiro atoms. The van der Waals surface area contributed by atoms with Crippen molar-refractivity contribution >= 4 is 44.4 Å². The first kappa shape index (κ1) is 13.2. The van der Waals surface area contributed by atoms with Crippen LogP contribution in [0.25, 0.3) is 21.8 Å². The highest BCUT2D eigenvalue weighted by atomic mass is 32.2. The van der Waals surface area contributed by atoms with Crippen LogP contribution in [0.1, 0.15) is 0 Å². The molecule has 3 heterocycles. The standard InChI is InChI=1S/C18H10N2OS2/c21-23-16-9-11-5-1-3-7-13(11)20-18(16)22-15-10-19-14-8-4-2-6-12(14)17(15)23/h1-10H. The van der Waals surface area contributed by atoms with Gasteiger partial charge in [0, 0.05) is 21.9 Å². The third-order valence-electron chi connectivity index (χ3n) is 3.94. The number of hydrogen-bond acceptors (Lipinski definition) is 4. The highest BCUT2D eigenvalue weighted by Crippen LogP contribution is 2.44. The summed E-state index contributed by atoms with van der Waals surface area (Å²) < 4.78 is 13.2. The predicted molar refractivity (Wildman–Crippen MR) is 92.3 cm³/mol. The monoisotopic (exact) mass is 334 g/mol. The summed E-state index contributed by atoms with van der Waals surface area (Å²) in [5, 5.41) is 2.78. The topological polar surface area (TPSA) is 42.9 Å². The molecular formula is C18H10N2OS2. The van der Waals surface area contributed by atoms with Crippen molar-refractivity contribution in [2.45, 2.75) is 19.7 Å². The Bertz CT molecular complexity index is 1120. The van der Waals surface area contributed by atoms with Gasteiger partial charge in [0.05, 0.1) is 31.6 Å². The highest BCUT2D eigenvalue weighted by Gasteiger charge is 2.27. The van der Waals surface area contributed by atoms with Gasteiger partial charge in [0.1, 0.15) is 5.03 Å². The minimum atomic E-state index is -1.24. The maximum absolute atomic E-state index is 13.2. The van der Waals surface area contributed by atoms with E-state index < -0.39 is 10.8 Å². The van der Waals surface area contributed by atoms with Crippen LogP contribution in [0, 0.1) is 0 Å². The molecule has 0 bridgehead atoms. The van der Waals surface area contributed by atoms with Crippen LogP contribution in [0.5, 0.6) is 0 Å². The van der Waals surface area contributed by atoms with Gasteiger partial charge in [-0.2, -0.15) is 0 Å². The molecule has 0 N–H and O–H groups in total. The quantitative estimate of drug-likeness (QED) is 0.420. The molecule has 23 heavy (non-hydrogen) atoms. The summed E-state index contributed by atoms with van der Waals surface area (Å²) in [6, 6.07) is 17.8. The Kier molecular flexibility index (Phi) is 2.80. The van der Waals surface area contributed by atoms with Gasteiger partial charge < -0.3 is 0 Å². The largest absolute Gasteiger partial charge is 0.255 e. The Balaban J connectivity index is 1.82. The fraction of sp³-hybridized carbons (Fsp3) is 0. The molecule has 5 heteroatoms. The number of benzene rings is 2. The van der Waals surface area contributed by atoms with Crippen molar-refractivity contribution in [1.82, 2.24) is 9.97 Å². The molecule has 1 aliphatic rings. The van der Waals surface area contributed by atoms with Crippen LogP contribution in [-0.2, 0) is 10.8 Å². The zero-order chi connectivity index (χ0) is 15.4. The summed E-state index contributed by atoms with van der Waals surface area (Å²) in [5.74, 6) is 0. The van der Waals surface area contributed by atoms with E-state index in [4.69, 9.17) is 0 Å². The summed E-state index contributed by atoms with van der Waals surface area (Å²) in [6.45, 7) is 0. The summed E-state index contributed by atoms with van der Waals surface area (Å²) in [4.78, 5) is 11.7. The maximum Gasteiger partial charge on any atom is 0.118 e. The number of para-hydroxylation sites is 2. The molecule has 0 fully saturated rings. The third kappa shape index (κ3) is 1.93. The van der Waals surface area contributed by atoms with Gasteiger partial charge in [-0.25, -0.2) is 9.19 Å². The second kappa shape index (κ2) is 4.88. The van der Waals surface area contributed by atoms with E-state index in [1.807, 2.05) is 54.6 Å².